The van der Waals surface area contributed by atoms with Crippen LogP contribution in [0.1, 0.15) is 39.7 Å². The lowest BCUT2D eigenvalue weighted by Crippen LogP contribution is -2.43. The van der Waals surface area contributed by atoms with Crippen LogP contribution in [0.2, 0.25) is 0 Å². The second-order valence-corrected chi connectivity index (χ2v) is 11.1. The number of piperidine rings is 1. The minimum Gasteiger partial charge on any atom is -0.457 e. The monoisotopic (exact) mass is 581 g/mol. The van der Waals surface area contributed by atoms with Crippen molar-refractivity contribution in [1.29, 1.82) is 0 Å². The fourth-order valence-electron chi connectivity index (χ4n) is 4.74. The van der Waals surface area contributed by atoms with Crippen molar-refractivity contribution in [2.75, 3.05) is 18.8 Å². The molecule has 1 atom stereocenters. The van der Waals surface area contributed by atoms with Crippen LogP contribution in [0.15, 0.2) is 59.5 Å². The molecule has 5 rings (SSSR count). The predicted molar refractivity (Wildman–Crippen MR) is 148 cm³/mol. The van der Waals surface area contributed by atoms with Gasteiger partial charge in [0.2, 0.25) is 0 Å². The number of benzene rings is 2. The number of anilines is 1. The third-order valence-electron chi connectivity index (χ3n) is 6.34. The number of likely N-dealkylation sites (tertiary alicyclic amines) is 1. The number of carbonyl (C=O) groups excluding carboxylic acids is 1. The highest BCUT2D eigenvalue weighted by molar-refractivity contribution is 9.10. The molecule has 0 radical (unpaired) electrons. The Bertz CT molecular complexity index is 1480. The van der Waals surface area contributed by atoms with E-state index in [1.165, 1.54) is 18.5 Å². The van der Waals surface area contributed by atoms with E-state index >= 15 is 0 Å². The first-order valence-corrected chi connectivity index (χ1v) is 13.2. The van der Waals surface area contributed by atoms with Crippen LogP contribution in [0.25, 0.3) is 22.2 Å². The molecular weight excluding hydrogens is 553 g/mol. The molecule has 2 aromatic heterocycles. The summed E-state index contributed by atoms with van der Waals surface area (Å²) in [5.41, 5.74) is 8.23. The summed E-state index contributed by atoms with van der Waals surface area (Å²) in [4.78, 5) is 23.4. The quantitative estimate of drug-likeness (QED) is 0.280. The van der Waals surface area contributed by atoms with Crippen molar-refractivity contribution in [2.45, 2.75) is 45.3 Å². The van der Waals surface area contributed by atoms with Crippen molar-refractivity contribution in [1.82, 2.24) is 19.4 Å². The summed E-state index contributed by atoms with van der Waals surface area (Å²) >= 11 is 3.82. The van der Waals surface area contributed by atoms with Gasteiger partial charge in [0.1, 0.15) is 40.7 Å². The smallest absolute Gasteiger partial charge is 0.410 e. The molecule has 4 aromatic rings. The summed E-state index contributed by atoms with van der Waals surface area (Å²) in [6, 6.07) is 13.4. The Balaban J connectivity index is 1.49. The fourth-order valence-corrected chi connectivity index (χ4v) is 5.62. The second kappa shape index (κ2) is 10.2. The first kappa shape index (κ1) is 26.0. The number of rotatable bonds is 4. The summed E-state index contributed by atoms with van der Waals surface area (Å²) in [6.45, 7) is 6.72. The van der Waals surface area contributed by atoms with Gasteiger partial charge in [0.25, 0.3) is 0 Å². The molecule has 38 heavy (non-hydrogen) atoms. The first-order chi connectivity index (χ1) is 18.1. The van der Waals surface area contributed by atoms with Gasteiger partial charge in [-0.15, -0.1) is 0 Å². The fraction of sp³-hybridized carbons (Fsp3) is 0.321. The summed E-state index contributed by atoms with van der Waals surface area (Å²) < 4.78 is 27.9. The summed E-state index contributed by atoms with van der Waals surface area (Å²) in [7, 11) is 0. The van der Waals surface area contributed by atoms with E-state index in [0.29, 0.717) is 36.1 Å². The first-order valence-electron chi connectivity index (χ1n) is 12.4. The average molecular weight is 582 g/mol. The zero-order chi connectivity index (χ0) is 27.0. The summed E-state index contributed by atoms with van der Waals surface area (Å²) in [5, 5.41) is 0.729. The van der Waals surface area contributed by atoms with E-state index in [2.05, 4.69) is 30.5 Å². The number of aromatic nitrogens is 3. The van der Waals surface area contributed by atoms with Gasteiger partial charge in [-0.3, -0.25) is 0 Å². The second-order valence-electron chi connectivity index (χ2n) is 10.3. The SMILES string of the molecule is CC(C)(C)OC(=O)N1CCCC(n2c(Br)c(-c3ccc(Oc4cccc(F)c4)cc3)c3c(N)ncnc32)C1. The number of nitrogens with two attached hydrogens (primary N) is 1. The van der Waals surface area contributed by atoms with Gasteiger partial charge < -0.3 is 24.7 Å². The highest BCUT2D eigenvalue weighted by Gasteiger charge is 2.32. The van der Waals surface area contributed by atoms with Crippen molar-refractivity contribution in [3.63, 3.8) is 0 Å². The molecule has 1 saturated heterocycles. The average Bonchev–Trinajstić information content (AvgIpc) is 3.16. The number of ether oxygens (including phenoxy) is 2. The molecule has 1 amide bonds. The van der Waals surface area contributed by atoms with Gasteiger partial charge >= 0.3 is 6.09 Å². The normalized spacial score (nSPS) is 16.0. The standard InChI is InChI=1S/C28H29BrFN5O3/c1-28(2,3)38-27(36)34-13-5-7-19(15-34)35-24(29)22(23-25(31)32-16-33-26(23)35)17-9-11-20(12-10-17)37-21-8-4-6-18(30)14-21/h4,6,8-12,14,16,19H,5,7,13,15H2,1-3H3,(H2,31,32,33). The molecule has 0 bridgehead atoms. The minimum atomic E-state index is -0.565. The van der Waals surface area contributed by atoms with Crippen molar-refractivity contribution in [3.8, 4) is 22.6 Å². The van der Waals surface area contributed by atoms with Gasteiger partial charge in [-0.2, -0.15) is 0 Å². The lowest BCUT2D eigenvalue weighted by Gasteiger charge is -2.35. The highest BCUT2D eigenvalue weighted by atomic mass is 79.9. The molecule has 0 spiro atoms. The summed E-state index contributed by atoms with van der Waals surface area (Å²) in [6.07, 6.45) is 2.83. The van der Waals surface area contributed by atoms with Crippen molar-refractivity contribution >= 4 is 38.9 Å². The van der Waals surface area contributed by atoms with Crippen LogP contribution in [0, 0.1) is 5.82 Å². The third kappa shape index (κ3) is 5.31. The maximum Gasteiger partial charge on any atom is 0.410 e. The Labute approximate surface area is 228 Å². The van der Waals surface area contributed by atoms with Crippen molar-refractivity contribution in [2.24, 2.45) is 0 Å². The molecule has 2 N–H and O–H groups in total. The van der Waals surface area contributed by atoms with Crippen LogP contribution >= 0.6 is 15.9 Å². The Morgan fingerprint density at radius 2 is 1.89 bits per heavy atom. The van der Waals surface area contributed by atoms with Gasteiger partial charge in [0, 0.05) is 24.7 Å². The van der Waals surface area contributed by atoms with Gasteiger partial charge in [0.05, 0.1) is 16.0 Å². The molecule has 8 nitrogen and oxygen atoms in total. The van der Waals surface area contributed by atoms with Crippen LogP contribution in [0.5, 0.6) is 11.5 Å². The van der Waals surface area contributed by atoms with Crippen LogP contribution in [-0.4, -0.2) is 44.2 Å². The number of carbonyl (C=O) groups is 1. The molecule has 2 aromatic carbocycles. The maximum atomic E-state index is 13.5. The number of hydrogen-bond acceptors (Lipinski definition) is 6. The number of halogens is 2. The van der Waals surface area contributed by atoms with E-state index < -0.39 is 5.60 Å². The molecule has 10 heteroatoms. The van der Waals surface area contributed by atoms with E-state index in [1.807, 2.05) is 45.0 Å². The lowest BCUT2D eigenvalue weighted by molar-refractivity contribution is 0.0173. The van der Waals surface area contributed by atoms with E-state index in [1.54, 1.807) is 17.0 Å². The van der Waals surface area contributed by atoms with Gasteiger partial charge in [-0.1, -0.05) is 18.2 Å². The van der Waals surface area contributed by atoms with Crippen LogP contribution in [0.4, 0.5) is 15.0 Å². The molecule has 1 aliphatic heterocycles. The Hall–Kier alpha value is -3.66. The molecule has 1 aliphatic rings. The van der Waals surface area contributed by atoms with E-state index in [9.17, 15) is 9.18 Å². The van der Waals surface area contributed by atoms with Crippen molar-refractivity contribution in [3.05, 3.63) is 65.3 Å². The third-order valence-corrected chi connectivity index (χ3v) is 7.12. The Morgan fingerprint density at radius 3 is 2.61 bits per heavy atom. The summed E-state index contributed by atoms with van der Waals surface area (Å²) in [5.74, 6) is 0.993. The van der Waals surface area contributed by atoms with Gasteiger partial charge in [-0.25, -0.2) is 19.2 Å². The Morgan fingerprint density at radius 1 is 1.13 bits per heavy atom. The predicted octanol–water partition coefficient (Wildman–Crippen LogP) is 6.95. The van der Waals surface area contributed by atoms with E-state index in [-0.39, 0.29) is 18.0 Å². The number of nitrogen functional groups attached to an aromatic ring is 1. The molecule has 198 valence electrons. The molecule has 1 fully saturated rings. The molecule has 3 heterocycles. The van der Waals surface area contributed by atoms with E-state index in [4.69, 9.17) is 15.2 Å². The topological polar surface area (TPSA) is 95.5 Å². The molecule has 0 aliphatic carbocycles. The maximum absolute atomic E-state index is 13.5. The molecule has 0 saturated carbocycles. The lowest BCUT2D eigenvalue weighted by atomic mass is 10.1. The van der Waals surface area contributed by atoms with Gasteiger partial charge in [0.15, 0.2) is 0 Å². The highest BCUT2D eigenvalue weighted by Crippen LogP contribution is 2.43. The van der Waals surface area contributed by atoms with Gasteiger partial charge in [-0.05, 0) is 79.4 Å². The number of hydrogen-bond donors (Lipinski definition) is 1. The van der Waals surface area contributed by atoms with Crippen LogP contribution < -0.4 is 10.5 Å². The molecular formula is C28H29BrFN5O3. The zero-order valence-electron chi connectivity index (χ0n) is 21.4. The number of fused-ring (bicyclic) bond motifs is 1. The van der Waals surface area contributed by atoms with Crippen LogP contribution in [0.3, 0.4) is 0 Å². The van der Waals surface area contributed by atoms with Crippen LogP contribution in [-0.2, 0) is 4.74 Å². The Kier molecular flexibility index (Phi) is 7.00. The zero-order valence-corrected chi connectivity index (χ0v) is 23.0. The minimum absolute atomic E-state index is 0.0354. The number of amides is 1. The number of nitrogens with zero attached hydrogens (tertiary/aromatic N) is 4. The largest absolute Gasteiger partial charge is 0.457 e. The van der Waals surface area contributed by atoms with Crippen molar-refractivity contribution < 1.29 is 18.7 Å². The molecule has 1 unspecified atom stereocenters. The van der Waals surface area contributed by atoms with E-state index in [0.717, 1.165) is 34.0 Å².